The average Bonchev–Trinajstić information content (AvgIpc) is 2.55. The van der Waals surface area contributed by atoms with E-state index < -0.39 is 0 Å². The topological polar surface area (TPSA) is 62.0 Å². The minimum absolute atomic E-state index is 0.0734. The number of nitrogens with one attached hydrogen (secondary N) is 1. The van der Waals surface area contributed by atoms with Gasteiger partial charge in [-0.1, -0.05) is 6.92 Å². The van der Waals surface area contributed by atoms with E-state index in [1.165, 1.54) is 0 Å². The zero-order valence-corrected chi connectivity index (χ0v) is 6.67. The van der Waals surface area contributed by atoms with Gasteiger partial charge >= 0.3 is 0 Å². The Kier molecular flexibility index (Phi) is 2.31. The summed E-state index contributed by atoms with van der Waals surface area (Å²) in [5.74, 6) is 0. The maximum absolute atomic E-state index is 9.06. The van der Waals surface area contributed by atoms with Gasteiger partial charge in [0.05, 0.1) is 6.61 Å². The van der Waals surface area contributed by atoms with Crippen LogP contribution >= 0.6 is 0 Å². The number of hydrogen-bond donors (Lipinski definition) is 3. The lowest BCUT2D eigenvalue weighted by molar-refractivity contribution is 0.207. The Morgan fingerprint density at radius 2 is 2.45 bits per heavy atom. The summed E-state index contributed by atoms with van der Waals surface area (Å²) in [7, 11) is 0. The SMILES string of the molecule is CC(CN)(CO)c1ccc[nH]1. The lowest BCUT2D eigenvalue weighted by atomic mass is 9.88. The molecule has 0 radical (unpaired) electrons. The van der Waals surface area contributed by atoms with Crippen molar-refractivity contribution in [1.29, 1.82) is 0 Å². The molecule has 0 aliphatic carbocycles. The van der Waals surface area contributed by atoms with E-state index in [0.717, 1.165) is 5.69 Å². The number of aromatic nitrogens is 1. The van der Waals surface area contributed by atoms with Crippen molar-refractivity contribution < 1.29 is 5.11 Å². The van der Waals surface area contributed by atoms with Gasteiger partial charge in [0.25, 0.3) is 0 Å². The van der Waals surface area contributed by atoms with E-state index in [0.29, 0.717) is 6.54 Å². The first-order valence-corrected chi connectivity index (χ1v) is 3.68. The van der Waals surface area contributed by atoms with Crippen molar-refractivity contribution in [3.8, 4) is 0 Å². The molecule has 0 bridgehead atoms. The maximum Gasteiger partial charge on any atom is 0.0551 e. The molecule has 4 N–H and O–H groups in total. The van der Waals surface area contributed by atoms with Crippen LogP contribution in [0.15, 0.2) is 18.3 Å². The first kappa shape index (κ1) is 8.30. The van der Waals surface area contributed by atoms with Gasteiger partial charge in [0.1, 0.15) is 0 Å². The first-order valence-electron chi connectivity index (χ1n) is 3.68. The van der Waals surface area contributed by atoms with Crippen LogP contribution in [0.25, 0.3) is 0 Å². The van der Waals surface area contributed by atoms with E-state index in [1.807, 2.05) is 25.3 Å². The molecule has 1 aromatic rings. The fraction of sp³-hybridized carbons (Fsp3) is 0.500. The summed E-state index contributed by atoms with van der Waals surface area (Å²) >= 11 is 0. The molecule has 0 spiro atoms. The van der Waals surface area contributed by atoms with Gasteiger partial charge in [-0.3, -0.25) is 0 Å². The molecule has 0 aliphatic heterocycles. The molecule has 11 heavy (non-hydrogen) atoms. The van der Waals surface area contributed by atoms with Crippen LogP contribution in [-0.2, 0) is 5.41 Å². The molecular weight excluding hydrogens is 140 g/mol. The standard InChI is InChI=1S/C8H14N2O/c1-8(5-9,6-11)7-3-2-4-10-7/h2-4,10-11H,5-6,9H2,1H3. The molecule has 0 saturated carbocycles. The van der Waals surface area contributed by atoms with E-state index >= 15 is 0 Å². The summed E-state index contributed by atoms with van der Waals surface area (Å²) < 4.78 is 0. The highest BCUT2D eigenvalue weighted by Gasteiger charge is 2.24. The smallest absolute Gasteiger partial charge is 0.0551 e. The van der Waals surface area contributed by atoms with Crippen LogP contribution in [-0.4, -0.2) is 23.2 Å². The molecule has 1 rings (SSSR count). The van der Waals surface area contributed by atoms with E-state index in [-0.39, 0.29) is 12.0 Å². The number of H-pyrrole nitrogens is 1. The van der Waals surface area contributed by atoms with Gasteiger partial charge in [0.2, 0.25) is 0 Å². The summed E-state index contributed by atoms with van der Waals surface area (Å²) in [6.45, 7) is 2.45. The van der Waals surface area contributed by atoms with E-state index in [4.69, 9.17) is 10.8 Å². The maximum atomic E-state index is 9.06. The van der Waals surface area contributed by atoms with Crippen LogP contribution in [0.5, 0.6) is 0 Å². The van der Waals surface area contributed by atoms with Gasteiger partial charge in [0, 0.05) is 23.9 Å². The third-order valence-electron chi connectivity index (χ3n) is 2.05. The van der Waals surface area contributed by atoms with Crippen molar-refractivity contribution in [1.82, 2.24) is 4.98 Å². The highest BCUT2D eigenvalue weighted by molar-refractivity contribution is 5.16. The molecule has 1 heterocycles. The molecule has 0 aliphatic rings. The molecule has 3 heteroatoms. The van der Waals surface area contributed by atoms with Crippen molar-refractivity contribution in [3.05, 3.63) is 24.0 Å². The zero-order valence-electron chi connectivity index (χ0n) is 6.67. The molecule has 1 aromatic heterocycles. The van der Waals surface area contributed by atoms with Crippen LogP contribution < -0.4 is 5.73 Å². The number of aliphatic hydroxyl groups excluding tert-OH is 1. The molecule has 0 saturated heterocycles. The lowest BCUT2D eigenvalue weighted by Gasteiger charge is -2.23. The van der Waals surface area contributed by atoms with Gasteiger partial charge in [0.15, 0.2) is 0 Å². The van der Waals surface area contributed by atoms with Gasteiger partial charge in [-0.05, 0) is 12.1 Å². The van der Waals surface area contributed by atoms with Crippen LogP contribution in [0.3, 0.4) is 0 Å². The fourth-order valence-corrected chi connectivity index (χ4v) is 0.965. The third-order valence-corrected chi connectivity index (χ3v) is 2.05. The number of aromatic amines is 1. The first-order chi connectivity index (χ1) is 5.23. The largest absolute Gasteiger partial charge is 0.395 e. The second kappa shape index (κ2) is 3.07. The molecule has 1 atom stereocenters. The van der Waals surface area contributed by atoms with Gasteiger partial charge in [-0.15, -0.1) is 0 Å². The number of nitrogens with two attached hydrogens (primary N) is 1. The summed E-state index contributed by atoms with van der Waals surface area (Å²) in [5.41, 5.74) is 6.20. The van der Waals surface area contributed by atoms with Crippen LogP contribution in [0.2, 0.25) is 0 Å². The Labute approximate surface area is 66.2 Å². The summed E-state index contributed by atoms with van der Waals surface area (Å²) in [5, 5.41) is 9.06. The van der Waals surface area contributed by atoms with Crippen molar-refractivity contribution in [2.45, 2.75) is 12.3 Å². The van der Waals surface area contributed by atoms with Crippen LogP contribution in [0.1, 0.15) is 12.6 Å². The highest BCUT2D eigenvalue weighted by atomic mass is 16.3. The molecule has 0 fully saturated rings. The summed E-state index contributed by atoms with van der Waals surface area (Å²) in [6, 6.07) is 3.84. The Hall–Kier alpha value is -0.800. The summed E-state index contributed by atoms with van der Waals surface area (Å²) in [6.07, 6.45) is 1.83. The normalized spacial score (nSPS) is 16.3. The Morgan fingerprint density at radius 3 is 2.82 bits per heavy atom. The zero-order chi connectivity index (χ0) is 8.32. The number of rotatable bonds is 3. The van der Waals surface area contributed by atoms with Crippen molar-refractivity contribution in [2.24, 2.45) is 5.73 Å². The van der Waals surface area contributed by atoms with Crippen LogP contribution in [0, 0.1) is 0 Å². The summed E-state index contributed by atoms with van der Waals surface area (Å²) in [4.78, 5) is 3.04. The highest BCUT2D eigenvalue weighted by Crippen LogP contribution is 2.19. The Balaban J connectivity index is 2.87. The molecule has 62 valence electrons. The van der Waals surface area contributed by atoms with Gasteiger partial charge in [-0.25, -0.2) is 0 Å². The number of hydrogen-bond acceptors (Lipinski definition) is 2. The molecule has 3 nitrogen and oxygen atoms in total. The van der Waals surface area contributed by atoms with E-state index in [1.54, 1.807) is 0 Å². The van der Waals surface area contributed by atoms with Crippen LogP contribution in [0.4, 0.5) is 0 Å². The molecule has 0 aromatic carbocycles. The Morgan fingerprint density at radius 1 is 1.73 bits per heavy atom. The fourth-order valence-electron chi connectivity index (χ4n) is 0.965. The van der Waals surface area contributed by atoms with Gasteiger partial charge in [-0.2, -0.15) is 0 Å². The second-order valence-corrected chi connectivity index (χ2v) is 3.01. The third kappa shape index (κ3) is 1.44. The number of aliphatic hydroxyl groups is 1. The molecule has 0 amide bonds. The Bertz CT molecular complexity index is 202. The van der Waals surface area contributed by atoms with Crippen molar-refractivity contribution in [3.63, 3.8) is 0 Å². The van der Waals surface area contributed by atoms with E-state index in [2.05, 4.69) is 4.98 Å². The predicted octanol–water partition coefficient (Wildman–Crippen LogP) is 0.223. The second-order valence-electron chi connectivity index (χ2n) is 3.01. The molecule has 1 unspecified atom stereocenters. The lowest BCUT2D eigenvalue weighted by Crippen LogP contribution is -2.35. The van der Waals surface area contributed by atoms with Crippen molar-refractivity contribution in [2.75, 3.05) is 13.2 Å². The monoisotopic (exact) mass is 154 g/mol. The molecular formula is C8H14N2O. The van der Waals surface area contributed by atoms with Gasteiger partial charge < -0.3 is 15.8 Å². The minimum atomic E-state index is -0.316. The van der Waals surface area contributed by atoms with Crippen molar-refractivity contribution >= 4 is 0 Å². The minimum Gasteiger partial charge on any atom is -0.395 e. The quantitative estimate of drug-likeness (QED) is 0.583. The predicted molar refractivity (Wildman–Crippen MR) is 44.3 cm³/mol. The average molecular weight is 154 g/mol. The van der Waals surface area contributed by atoms with E-state index in [9.17, 15) is 0 Å².